The Labute approximate surface area is 98.4 Å². The molecular weight excluding hydrogens is 220 g/mol. The number of amides is 1. The third-order valence-electron chi connectivity index (χ3n) is 2.13. The molecule has 1 amide bonds. The summed E-state index contributed by atoms with van der Waals surface area (Å²) in [6.45, 7) is 1.68. The second-order valence-electron chi connectivity index (χ2n) is 3.48. The van der Waals surface area contributed by atoms with Crippen molar-refractivity contribution in [3.63, 3.8) is 0 Å². The average molecular weight is 232 g/mol. The van der Waals surface area contributed by atoms with E-state index in [-0.39, 0.29) is 5.91 Å². The maximum atomic E-state index is 11.7. The summed E-state index contributed by atoms with van der Waals surface area (Å²) >= 11 is 0. The van der Waals surface area contributed by atoms with Gasteiger partial charge in [-0.3, -0.25) is 4.79 Å². The lowest BCUT2D eigenvalue weighted by Gasteiger charge is -2.13. The van der Waals surface area contributed by atoms with E-state index in [1.807, 2.05) is 18.2 Å². The van der Waals surface area contributed by atoms with Crippen molar-refractivity contribution in [1.29, 1.82) is 0 Å². The number of carbonyl (C=O) groups excluding carboxylic acids is 1. The molecule has 0 saturated carbocycles. The highest BCUT2D eigenvalue weighted by molar-refractivity contribution is 5.93. The number of nitrogens with zero attached hydrogens (tertiary/aromatic N) is 1. The van der Waals surface area contributed by atoms with Crippen LogP contribution < -0.4 is 10.1 Å². The Morgan fingerprint density at radius 3 is 2.82 bits per heavy atom. The van der Waals surface area contributed by atoms with E-state index in [2.05, 4.69) is 15.0 Å². The molecule has 2 rings (SSSR count). The number of aromatic nitrogens is 1. The minimum Gasteiger partial charge on any atom is -0.481 e. The Hall–Kier alpha value is -2.30. The van der Waals surface area contributed by atoms with E-state index in [1.54, 1.807) is 19.1 Å². The Bertz CT molecular complexity index is 468. The van der Waals surface area contributed by atoms with Crippen molar-refractivity contribution in [1.82, 2.24) is 5.16 Å². The fourth-order valence-electron chi connectivity index (χ4n) is 1.27. The third-order valence-corrected chi connectivity index (χ3v) is 2.13. The quantitative estimate of drug-likeness (QED) is 0.876. The van der Waals surface area contributed by atoms with Crippen LogP contribution in [0.1, 0.15) is 6.92 Å². The predicted molar refractivity (Wildman–Crippen MR) is 61.7 cm³/mol. The van der Waals surface area contributed by atoms with Crippen molar-refractivity contribution < 1.29 is 14.1 Å². The SMILES string of the molecule is C[C@@H](Oc1ccccc1)C(=O)Nc1cnoc1. The topological polar surface area (TPSA) is 64.4 Å². The number of ether oxygens (including phenoxy) is 1. The maximum absolute atomic E-state index is 11.7. The van der Waals surface area contributed by atoms with E-state index in [4.69, 9.17) is 4.74 Å². The first-order valence-corrected chi connectivity index (χ1v) is 5.17. The van der Waals surface area contributed by atoms with E-state index in [0.29, 0.717) is 11.4 Å². The van der Waals surface area contributed by atoms with Crippen LogP contribution in [0, 0.1) is 0 Å². The molecule has 0 aliphatic carbocycles. The van der Waals surface area contributed by atoms with Crippen LogP contribution in [0.3, 0.4) is 0 Å². The van der Waals surface area contributed by atoms with Gasteiger partial charge in [0.1, 0.15) is 17.7 Å². The zero-order valence-corrected chi connectivity index (χ0v) is 9.29. The number of benzene rings is 1. The monoisotopic (exact) mass is 232 g/mol. The van der Waals surface area contributed by atoms with Crippen LogP contribution >= 0.6 is 0 Å². The van der Waals surface area contributed by atoms with Crippen LogP contribution in [0.25, 0.3) is 0 Å². The molecular formula is C12H12N2O3. The molecule has 1 N–H and O–H groups in total. The van der Waals surface area contributed by atoms with Crippen LogP contribution in [-0.4, -0.2) is 17.2 Å². The summed E-state index contributed by atoms with van der Waals surface area (Å²) in [6.07, 6.45) is 2.19. The number of nitrogens with one attached hydrogen (secondary N) is 1. The van der Waals surface area contributed by atoms with Gasteiger partial charge in [0.25, 0.3) is 5.91 Å². The van der Waals surface area contributed by atoms with Crippen LogP contribution in [0.5, 0.6) is 5.75 Å². The highest BCUT2D eigenvalue weighted by atomic mass is 16.5. The molecule has 5 heteroatoms. The van der Waals surface area contributed by atoms with Gasteiger partial charge in [0.2, 0.25) is 0 Å². The van der Waals surface area contributed by atoms with E-state index < -0.39 is 6.10 Å². The van der Waals surface area contributed by atoms with E-state index in [9.17, 15) is 4.79 Å². The summed E-state index contributed by atoms with van der Waals surface area (Å²) in [6, 6.07) is 9.17. The number of carbonyl (C=O) groups is 1. The van der Waals surface area contributed by atoms with Crippen LogP contribution in [0.15, 0.2) is 47.3 Å². The Kier molecular flexibility index (Phi) is 3.40. The summed E-state index contributed by atoms with van der Waals surface area (Å²) in [5.74, 6) is 0.400. The van der Waals surface area contributed by atoms with Crippen molar-refractivity contribution in [2.75, 3.05) is 5.32 Å². The Balaban J connectivity index is 1.92. The Morgan fingerprint density at radius 2 is 2.18 bits per heavy atom. The van der Waals surface area contributed by atoms with Crippen molar-refractivity contribution in [3.8, 4) is 5.75 Å². The summed E-state index contributed by atoms with van der Waals surface area (Å²) < 4.78 is 10.1. The van der Waals surface area contributed by atoms with Crippen LogP contribution in [0.4, 0.5) is 5.69 Å². The lowest BCUT2D eigenvalue weighted by molar-refractivity contribution is -0.122. The highest BCUT2D eigenvalue weighted by Crippen LogP contribution is 2.12. The minimum absolute atomic E-state index is 0.253. The van der Waals surface area contributed by atoms with Gasteiger partial charge in [-0.1, -0.05) is 23.4 Å². The molecule has 0 aliphatic rings. The van der Waals surface area contributed by atoms with Gasteiger partial charge in [0.15, 0.2) is 6.10 Å². The van der Waals surface area contributed by atoms with Gasteiger partial charge < -0.3 is 14.6 Å². The summed E-state index contributed by atoms with van der Waals surface area (Å²) in [4.78, 5) is 11.7. The molecule has 2 aromatic rings. The van der Waals surface area contributed by atoms with Crippen LogP contribution in [-0.2, 0) is 4.79 Å². The van der Waals surface area contributed by atoms with Crippen molar-refractivity contribution in [2.45, 2.75) is 13.0 Å². The molecule has 1 heterocycles. The summed E-state index contributed by atoms with van der Waals surface area (Å²) in [5.41, 5.74) is 0.513. The molecule has 0 fully saturated rings. The van der Waals surface area contributed by atoms with E-state index in [0.717, 1.165) is 0 Å². The van der Waals surface area contributed by atoms with Crippen molar-refractivity contribution >= 4 is 11.6 Å². The smallest absolute Gasteiger partial charge is 0.265 e. The second kappa shape index (κ2) is 5.16. The zero-order chi connectivity index (χ0) is 12.1. The van der Waals surface area contributed by atoms with Crippen LogP contribution in [0.2, 0.25) is 0 Å². The number of anilines is 1. The van der Waals surface area contributed by atoms with E-state index >= 15 is 0 Å². The molecule has 1 atom stereocenters. The van der Waals surface area contributed by atoms with Gasteiger partial charge in [-0.15, -0.1) is 0 Å². The number of para-hydroxylation sites is 1. The van der Waals surface area contributed by atoms with Crippen molar-refractivity contribution in [2.24, 2.45) is 0 Å². The van der Waals surface area contributed by atoms with Crippen molar-refractivity contribution in [3.05, 3.63) is 42.8 Å². The fourth-order valence-corrected chi connectivity index (χ4v) is 1.27. The Morgan fingerprint density at radius 1 is 1.41 bits per heavy atom. The van der Waals surface area contributed by atoms with Gasteiger partial charge in [0.05, 0.1) is 6.20 Å². The highest BCUT2D eigenvalue weighted by Gasteiger charge is 2.15. The standard InChI is InChI=1S/C12H12N2O3/c1-9(17-11-5-3-2-4-6-11)12(15)14-10-7-13-16-8-10/h2-9H,1H3,(H,14,15)/t9-/m1/s1. The molecule has 0 spiro atoms. The van der Waals surface area contributed by atoms with Gasteiger partial charge in [-0.05, 0) is 19.1 Å². The minimum atomic E-state index is -0.590. The molecule has 1 aromatic carbocycles. The maximum Gasteiger partial charge on any atom is 0.265 e. The first kappa shape index (κ1) is 11.2. The molecule has 0 radical (unpaired) electrons. The molecule has 5 nitrogen and oxygen atoms in total. The first-order chi connectivity index (χ1) is 8.25. The predicted octanol–water partition coefficient (Wildman–Crippen LogP) is 2.08. The fraction of sp³-hybridized carbons (Fsp3) is 0.167. The molecule has 1 aromatic heterocycles. The molecule has 88 valence electrons. The lowest BCUT2D eigenvalue weighted by atomic mass is 10.3. The molecule has 0 aliphatic heterocycles. The van der Waals surface area contributed by atoms with Gasteiger partial charge >= 0.3 is 0 Å². The molecule has 17 heavy (non-hydrogen) atoms. The summed E-state index contributed by atoms with van der Waals surface area (Å²) in [7, 11) is 0. The first-order valence-electron chi connectivity index (χ1n) is 5.17. The van der Waals surface area contributed by atoms with Gasteiger partial charge in [-0.2, -0.15) is 0 Å². The summed E-state index contributed by atoms with van der Waals surface area (Å²) in [5, 5.41) is 6.11. The van der Waals surface area contributed by atoms with Gasteiger partial charge in [0, 0.05) is 0 Å². The number of rotatable bonds is 4. The number of hydrogen-bond acceptors (Lipinski definition) is 4. The normalized spacial score (nSPS) is 11.8. The largest absolute Gasteiger partial charge is 0.481 e. The average Bonchev–Trinajstić information content (AvgIpc) is 2.83. The number of hydrogen-bond donors (Lipinski definition) is 1. The zero-order valence-electron chi connectivity index (χ0n) is 9.29. The van der Waals surface area contributed by atoms with Gasteiger partial charge in [-0.25, -0.2) is 0 Å². The second-order valence-corrected chi connectivity index (χ2v) is 3.48. The lowest BCUT2D eigenvalue weighted by Crippen LogP contribution is -2.29. The molecule has 0 bridgehead atoms. The molecule has 0 unspecified atom stereocenters. The third kappa shape index (κ3) is 3.07. The molecule has 0 saturated heterocycles. The van der Waals surface area contributed by atoms with E-state index in [1.165, 1.54) is 12.5 Å².